The van der Waals surface area contributed by atoms with Gasteiger partial charge in [0.25, 0.3) is 0 Å². The molecule has 1 atom stereocenters. The lowest BCUT2D eigenvalue weighted by Crippen LogP contribution is -2.12. The van der Waals surface area contributed by atoms with E-state index < -0.39 is 6.10 Å². The van der Waals surface area contributed by atoms with E-state index in [2.05, 4.69) is 27.4 Å². The third-order valence-electron chi connectivity index (χ3n) is 3.01. The first-order valence-corrected chi connectivity index (χ1v) is 7.23. The summed E-state index contributed by atoms with van der Waals surface area (Å²) in [7, 11) is 0. The van der Waals surface area contributed by atoms with Crippen LogP contribution in [0, 0.1) is 6.92 Å². The molecule has 0 fully saturated rings. The van der Waals surface area contributed by atoms with Crippen molar-refractivity contribution < 1.29 is 5.11 Å². The Morgan fingerprint density at radius 1 is 1.25 bits per heavy atom. The van der Waals surface area contributed by atoms with E-state index in [-0.39, 0.29) is 0 Å². The third kappa shape index (κ3) is 2.79. The minimum absolute atomic E-state index is 0.399. The van der Waals surface area contributed by atoms with E-state index in [1.165, 1.54) is 4.70 Å². The molecule has 1 unspecified atom stereocenters. The Balaban J connectivity index is 1.69. The molecule has 20 heavy (non-hydrogen) atoms. The number of aliphatic hydroxyl groups excluding tert-OH is 1. The molecule has 2 heterocycles. The van der Waals surface area contributed by atoms with E-state index in [1.807, 2.05) is 25.1 Å². The zero-order valence-electron chi connectivity index (χ0n) is 11.1. The van der Waals surface area contributed by atoms with Crippen LogP contribution in [0.5, 0.6) is 0 Å². The average Bonchev–Trinajstić information content (AvgIpc) is 2.90. The van der Waals surface area contributed by atoms with E-state index in [4.69, 9.17) is 0 Å². The van der Waals surface area contributed by atoms with Crippen molar-refractivity contribution in [2.45, 2.75) is 13.0 Å². The maximum atomic E-state index is 10.2. The van der Waals surface area contributed by atoms with Gasteiger partial charge in [-0.15, -0.1) is 11.3 Å². The number of hydrogen-bond acceptors (Lipinski definition) is 5. The number of aryl methyl sites for hydroxylation is 1. The van der Waals surface area contributed by atoms with Gasteiger partial charge >= 0.3 is 0 Å². The van der Waals surface area contributed by atoms with Crippen LogP contribution in [0.2, 0.25) is 0 Å². The van der Waals surface area contributed by atoms with Gasteiger partial charge in [0.15, 0.2) is 0 Å². The van der Waals surface area contributed by atoms with Gasteiger partial charge < -0.3 is 10.4 Å². The maximum Gasteiger partial charge on any atom is 0.222 e. The van der Waals surface area contributed by atoms with Crippen LogP contribution in [-0.4, -0.2) is 21.6 Å². The summed E-state index contributed by atoms with van der Waals surface area (Å²) in [6.45, 7) is 2.34. The summed E-state index contributed by atoms with van der Waals surface area (Å²) in [6.07, 6.45) is 2.94. The summed E-state index contributed by atoms with van der Waals surface area (Å²) in [4.78, 5) is 9.26. The smallest absolute Gasteiger partial charge is 0.222 e. The van der Waals surface area contributed by atoms with E-state index in [9.17, 15) is 5.11 Å². The highest BCUT2D eigenvalue weighted by atomic mass is 32.1. The minimum atomic E-state index is -0.558. The molecule has 2 N–H and O–H groups in total. The SMILES string of the molecule is Cc1cnc(NCC(O)c2cc3ccccc3s2)nc1. The number of hydrogen-bond donors (Lipinski definition) is 2. The zero-order valence-corrected chi connectivity index (χ0v) is 11.9. The van der Waals surface area contributed by atoms with E-state index in [0.29, 0.717) is 12.5 Å². The number of aromatic nitrogens is 2. The summed E-state index contributed by atoms with van der Waals surface area (Å²) in [5, 5.41) is 14.4. The topological polar surface area (TPSA) is 58.0 Å². The molecule has 5 heteroatoms. The number of anilines is 1. The molecule has 1 aromatic carbocycles. The first-order chi connectivity index (χ1) is 9.72. The van der Waals surface area contributed by atoms with Crippen LogP contribution in [0.4, 0.5) is 5.95 Å². The molecule has 0 saturated carbocycles. The lowest BCUT2D eigenvalue weighted by atomic mass is 10.2. The molecule has 0 saturated heterocycles. The predicted octanol–water partition coefficient (Wildman–Crippen LogP) is 3.15. The van der Waals surface area contributed by atoms with E-state index in [1.54, 1.807) is 23.7 Å². The fourth-order valence-corrected chi connectivity index (χ4v) is 2.99. The minimum Gasteiger partial charge on any atom is -0.386 e. The molecule has 0 spiro atoms. The van der Waals surface area contributed by atoms with Gasteiger partial charge in [0.2, 0.25) is 5.95 Å². The van der Waals surface area contributed by atoms with Gasteiger partial charge in [-0.2, -0.15) is 0 Å². The second kappa shape index (κ2) is 5.56. The number of nitrogens with one attached hydrogen (secondary N) is 1. The van der Waals surface area contributed by atoms with Gasteiger partial charge in [0.05, 0.1) is 0 Å². The van der Waals surface area contributed by atoms with Crippen molar-refractivity contribution in [1.82, 2.24) is 9.97 Å². The first kappa shape index (κ1) is 13.0. The summed E-state index contributed by atoms with van der Waals surface area (Å²) in [6, 6.07) is 10.2. The van der Waals surface area contributed by atoms with Gasteiger partial charge in [-0.05, 0) is 30.0 Å². The number of thiophene rings is 1. The lowest BCUT2D eigenvalue weighted by molar-refractivity contribution is 0.195. The molecule has 102 valence electrons. The molecule has 4 nitrogen and oxygen atoms in total. The Morgan fingerprint density at radius 2 is 2.00 bits per heavy atom. The van der Waals surface area contributed by atoms with Crippen molar-refractivity contribution in [1.29, 1.82) is 0 Å². The summed E-state index contributed by atoms with van der Waals surface area (Å²) in [5.41, 5.74) is 1.01. The van der Waals surface area contributed by atoms with Gasteiger partial charge in [0, 0.05) is 28.5 Å². The van der Waals surface area contributed by atoms with Crippen molar-refractivity contribution in [3.63, 3.8) is 0 Å². The highest BCUT2D eigenvalue weighted by molar-refractivity contribution is 7.19. The van der Waals surface area contributed by atoms with Crippen molar-refractivity contribution in [3.8, 4) is 0 Å². The molecule has 0 bridgehead atoms. The second-order valence-electron chi connectivity index (χ2n) is 4.67. The van der Waals surface area contributed by atoms with Crippen molar-refractivity contribution in [2.75, 3.05) is 11.9 Å². The molecule has 0 aliphatic carbocycles. The van der Waals surface area contributed by atoms with Gasteiger partial charge in [-0.3, -0.25) is 0 Å². The summed E-state index contributed by atoms with van der Waals surface area (Å²) in [5.74, 6) is 0.538. The predicted molar refractivity (Wildman–Crippen MR) is 82.0 cm³/mol. The summed E-state index contributed by atoms with van der Waals surface area (Å²) >= 11 is 1.61. The maximum absolute atomic E-state index is 10.2. The number of fused-ring (bicyclic) bond motifs is 1. The molecule has 2 aromatic heterocycles. The fourth-order valence-electron chi connectivity index (χ4n) is 1.94. The van der Waals surface area contributed by atoms with Crippen LogP contribution >= 0.6 is 11.3 Å². The first-order valence-electron chi connectivity index (χ1n) is 6.41. The van der Waals surface area contributed by atoms with Crippen LogP contribution in [0.1, 0.15) is 16.5 Å². The van der Waals surface area contributed by atoms with Crippen LogP contribution < -0.4 is 5.32 Å². The number of aliphatic hydroxyl groups is 1. The standard InChI is InChI=1S/C15H15N3OS/c1-10-7-16-15(17-8-10)18-9-12(19)14-6-11-4-2-3-5-13(11)20-14/h2-8,12,19H,9H2,1H3,(H,16,17,18). The second-order valence-corrected chi connectivity index (χ2v) is 5.78. The number of benzene rings is 1. The Hall–Kier alpha value is -1.98. The highest BCUT2D eigenvalue weighted by Gasteiger charge is 2.11. The lowest BCUT2D eigenvalue weighted by Gasteiger charge is -2.09. The van der Waals surface area contributed by atoms with Crippen LogP contribution in [0.15, 0.2) is 42.7 Å². The van der Waals surface area contributed by atoms with Crippen LogP contribution in [0.25, 0.3) is 10.1 Å². The van der Waals surface area contributed by atoms with Crippen molar-refractivity contribution in [2.24, 2.45) is 0 Å². The van der Waals surface area contributed by atoms with Gasteiger partial charge in [-0.1, -0.05) is 18.2 Å². The molecular weight excluding hydrogens is 270 g/mol. The monoisotopic (exact) mass is 285 g/mol. The Bertz CT molecular complexity index is 675. The molecule has 0 amide bonds. The van der Waals surface area contributed by atoms with E-state index in [0.717, 1.165) is 15.8 Å². The largest absolute Gasteiger partial charge is 0.386 e. The van der Waals surface area contributed by atoms with Crippen molar-refractivity contribution in [3.05, 3.63) is 53.2 Å². The summed E-state index contributed by atoms with van der Waals surface area (Å²) < 4.78 is 1.19. The number of rotatable bonds is 4. The van der Waals surface area contributed by atoms with Crippen molar-refractivity contribution >= 4 is 27.4 Å². The van der Waals surface area contributed by atoms with Gasteiger partial charge in [-0.25, -0.2) is 9.97 Å². The zero-order chi connectivity index (χ0) is 13.9. The number of nitrogens with zero attached hydrogens (tertiary/aromatic N) is 2. The van der Waals surface area contributed by atoms with Gasteiger partial charge in [0.1, 0.15) is 6.10 Å². The Kier molecular flexibility index (Phi) is 3.62. The molecule has 0 aliphatic heterocycles. The molecule has 0 aliphatic rings. The molecule has 3 rings (SSSR count). The molecular formula is C15H15N3OS. The van der Waals surface area contributed by atoms with Crippen LogP contribution in [0.3, 0.4) is 0 Å². The average molecular weight is 285 g/mol. The third-order valence-corrected chi connectivity index (χ3v) is 4.22. The Labute approximate surface area is 121 Å². The molecule has 0 radical (unpaired) electrons. The highest BCUT2D eigenvalue weighted by Crippen LogP contribution is 2.29. The fraction of sp³-hybridized carbons (Fsp3) is 0.200. The van der Waals surface area contributed by atoms with E-state index >= 15 is 0 Å². The molecule has 3 aromatic rings. The quantitative estimate of drug-likeness (QED) is 0.773. The normalized spacial score (nSPS) is 12.5. The Morgan fingerprint density at radius 3 is 2.75 bits per heavy atom. The van der Waals surface area contributed by atoms with Crippen LogP contribution in [-0.2, 0) is 0 Å².